The van der Waals surface area contributed by atoms with Gasteiger partial charge >= 0.3 is 5.97 Å². The van der Waals surface area contributed by atoms with Crippen molar-refractivity contribution < 1.29 is 17.9 Å². The van der Waals surface area contributed by atoms with E-state index in [9.17, 15) is 13.2 Å². The molecule has 0 fully saturated rings. The van der Waals surface area contributed by atoms with Crippen LogP contribution in [0.3, 0.4) is 0 Å². The number of hydrogen-bond donors (Lipinski definition) is 3. The average Bonchev–Trinajstić information content (AvgIpc) is 2.79. The second-order valence-electron chi connectivity index (χ2n) is 11.9. The topological polar surface area (TPSA) is 96.5 Å². The van der Waals surface area contributed by atoms with E-state index in [1.807, 2.05) is 39.8 Å². The van der Waals surface area contributed by atoms with E-state index in [0.717, 1.165) is 18.2 Å². The van der Waals surface area contributed by atoms with Crippen molar-refractivity contribution in [2.24, 2.45) is 11.3 Å². The zero-order valence-electron chi connectivity index (χ0n) is 23.8. The molecule has 2 aromatic carbocycles. The van der Waals surface area contributed by atoms with Gasteiger partial charge in [0.15, 0.2) is 5.11 Å². The van der Waals surface area contributed by atoms with Crippen LogP contribution in [0.25, 0.3) is 0 Å². The molecule has 0 aliphatic carbocycles. The molecular formula is C29H43N3O4S2. The van der Waals surface area contributed by atoms with Gasteiger partial charge in [-0.25, -0.2) is 8.42 Å². The van der Waals surface area contributed by atoms with Gasteiger partial charge in [0.1, 0.15) is 0 Å². The molecule has 0 radical (unpaired) electrons. The summed E-state index contributed by atoms with van der Waals surface area (Å²) in [6.07, 6.45) is 1.86. The minimum atomic E-state index is -3.32. The lowest BCUT2D eigenvalue weighted by Gasteiger charge is -2.24. The fourth-order valence-corrected chi connectivity index (χ4v) is 4.52. The summed E-state index contributed by atoms with van der Waals surface area (Å²) in [5.74, 6) is -0.202. The molecule has 2 aromatic rings. The van der Waals surface area contributed by atoms with E-state index in [4.69, 9.17) is 17.0 Å². The Kier molecular flexibility index (Phi) is 10.7. The second kappa shape index (κ2) is 12.9. The van der Waals surface area contributed by atoms with Gasteiger partial charge in [-0.05, 0) is 80.6 Å². The maximum Gasteiger partial charge on any atom is 0.311 e. The summed E-state index contributed by atoms with van der Waals surface area (Å²) < 4.78 is 30.9. The van der Waals surface area contributed by atoms with E-state index in [-0.39, 0.29) is 30.0 Å². The molecule has 38 heavy (non-hydrogen) atoms. The molecule has 0 aliphatic heterocycles. The van der Waals surface area contributed by atoms with E-state index in [2.05, 4.69) is 60.4 Å². The molecule has 0 aromatic heterocycles. The zero-order valence-corrected chi connectivity index (χ0v) is 25.5. The van der Waals surface area contributed by atoms with Gasteiger partial charge in [0.05, 0.1) is 24.3 Å². The molecule has 2 rings (SSSR count). The van der Waals surface area contributed by atoms with Crippen LogP contribution in [0.2, 0.25) is 0 Å². The van der Waals surface area contributed by atoms with Crippen LogP contribution in [0.1, 0.15) is 71.2 Å². The van der Waals surface area contributed by atoms with E-state index in [0.29, 0.717) is 17.3 Å². The molecule has 0 spiro atoms. The van der Waals surface area contributed by atoms with E-state index in [1.165, 1.54) is 11.1 Å². The molecule has 0 saturated carbocycles. The summed E-state index contributed by atoms with van der Waals surface area (Å²) in [7, 11) is -3.32. The third-order valence-corrected chi connectivity index (χ3v) is 6.89. The summed E-state index contributed by atoms with van der Waals surface area (Å²) in [6.45, 7) is 14.9. The van der Waals surface area contributed by atoms with Crippen molar-refractivity contribution in [1.82, 2.24) is 10.6 Å². The Morgan fingerprint density at radius 3 is 2.05 bits per heavy atom. The zero-order chi connectivity index (χ0) is 28.7. The lowest BCUT2D eigenvalue weighted by atomic mass is 9.86. The number of ether oxygens (including phenoxy) is 1. The van der Waals surface area contributed by atoms with Crippen LogP contribution >= 0.6 is 12.2 Å². The van der Waals surface area contributed by atoms with Crippen molar-refractivity contribution in [3.8, 4) is 0 Å². The Balaban J connectivity index is 2.01. The monoisotopic (exact) mass is 561 g/mol. The number of rotatable bonds is 10. The van der Waals surface area contributed by atoms with E-state index < -0.39 is 15.4 Å². The SMILES string of the molecule is CC(NC(=S)NC[C@@H](COC(=O)C(C)(C)C)Cc1ccc(C(C)(C)C)cc1)c1ccc(NS(C)(=O)=O)cc1. The van der Waals surface area contributed by atoms with Gasteiger partial charge in [0.2, 0.25) is 10.0 Å². The van der Waals surface area contributed by atoms with Gasteiger partial charge in [-0.2, -0.15) is 0 Å². The van der Waals surface area contributed by atoms with Crippen molar-refractivity contribution in [2.45, 2.75) is 66.3 Å². The lowest BCUT2D eigenvalue weighted by molar-refractivity contribution is -0.154. The third-order valence-electron chi connectivity index (χ3n) is 6.02. The first-order valence-corrected chi connectivity index (χ1v) is 15.1. The van der Waals surface area contributed by atoms with Gasteiger partial charge in [-0.1, -0.05) is 57.2 Å². The van der Waals surface area contributed by atoms with Crippen LogP contribution in [0.4, 0.5) is 5.69 Å². The van der Waals surface area contributed by atoms with E-state index in [1.54, 1.807) is 12.1 Å². The van der Waals surface area contributed by atoms with Crippen molar-refractivity contribution >= 4 is 39.0 Å². The van der Waals surface area contributed by atoms with Crippen molar-refractivity contribution in [3.63, 3.8) is 0 Å². The van der Waals surface area contributed by atoms with Gasteiger partial charge in [0, 0.05) is 18.2 Å². The first-order valence-electron chi connectivity index (χ1n) is 12.8. The number of carbonyl (C=O) groups is 1. The predicted molar refractivity (Wildman–Crippen MR) is 160 cm³/mol. The maximum absolute atomic E-state index is 12.4. The number of esters is 1. The Morgan fingerprint density at radius 2 is 1.55 bits per heavy atom. The van der Waals surface area contributed by atoms with Crippen LogP contribution in [0.15, 0.2) is 48.5 Å². The fraction of sp³-hybridized carbons (Fsp3) is 0.517. The van der Waals surface area contributed by atoms with Crippen LogP contribution in [-0.2, 0) is 31.4 Å². The molecule has 0 saturated heterocycles. The number of carbonyl (C=O) groups excluding carboxylic acids is 1. The summed E-state index contributed by atoms with van der Waals surface area (Å²) in [5, 5.41) is 7.04. The molecule has 0 amide bonds. The van der Waals surface area contributed by atoms with Crippen molar-refractivity contribution in [2.75, 3.05) is 24.1 Å². The summed E-state index contributed by atoms with van der Waals surface area (Å²) >= 11 is 5.54. The molecule has 0 heterocycles. The summed E-state index contributed by atoms with van der Waals surface area (Å²) in [6, 6.07) is 15.6. The predicted octanol–water partition coefficient (Wildman–Crippen LogP) is 5.33. The summed E-state index contributed by atoms with van der Waals surface area (Å²) in [4.78, 5) is 12.4. The Labute approximate surface area is 234 Å². The highest BCUT2D eigenvalue weighted by Gasteiger charge is 2.24. The molecule has 210 valence electrons. The second-order valence-corrected chi connectivity index (χ2v) is 14.1. The normalized spacial score (nSPS) is 13.8. The number of nitrogens with one attached hydrogen (secondary N) is 3. The first kappa shape index (κ1) is 31.6. The highest BCUT2D eigenvalue weighted by atomic mass is 32.2. The average molecular weight is 562 g/mol. The van der Waals surface area contributed by atoms with Gasteiger partial charge < -0.3 is 15.4 Å². The molecule has 7 nitrogen and oxygen atoms in total. The molecule has 2 atom stereocenters. The van der Waals surface area contributed by atoms with E-state index >= 15 is 0 Å². The third kappa shape index (κ3) is 11.0. The van der Waals surface area contributed by atoms with Crippen molar-refractivity contribution in [3.05, 3.63) is 65.2 Å². The standard InChI is InChI=1S/C29H43N3O4S2/c1-20(23-11-15-25(16-12-23)32-38(8,34)35)31-27(37)30-18-22(19-36-26(33)29(5,6)7)17-21-9-13-24(14-10-21)28(2,3)4/h9-16,20,22,32H,17-19H2,1-8H3,(H2,30,31,37)/t20?,22-/m0/s1. The molecule has 0 aliphatic rings. The number of sulfonamides is 1. The maximum atomic E-state index is 12.4. The summed E-state index contributed by atoms with van der Waals surface area (Å²) in [5.41, 5.74) is 3.43. The van der Waals surface area contributed by atoms with Crippen molar-refractivity contribution in [1.29, 1.82) is 0 Å². The van der Waals surface area contributed by atoms with Crippen LogP contribution < -0.4 is 15.4 Å². The van der Waals surface area contributed by atoms with Gasteiger partial charge in [-0.3, -0.25) is 9.52 Å². The van der Waals surface area contributed by atoms with Crippen LogP contribution in [0.5, 0.6) is 0 Å². The number of anilines is 1. The Bertz CT molecular complexity index is 1180. The van der Waals surface area contributed by atoms with Gasteiger partial charge in [-0.15, -0.1) is 0 Å². The molecule has 1 unspecified atom stereocenters. The molecule has 3 N–H and O–H groups in total. The highest BCUT2D eigenvalue weighted by molar-refractivity contribution is 7.92. The highest BCUT2D eigenvalue weighted by Crippen LogP contribution is 2.23. The largest absolute Gasteiger partial charge is 0.465 e. The quantitative estimate of drug-likeness (QED) is 0.267. The first-order chi connectivity index (χ1) is 17.4. The smallest absolute Gasteiger partial charge is 0.311 e. The molecule has 9 heteroatoms. The Morgan fingerprint density at radius 1 is 0.974 bits per heavy atom. The fourth-order valence-electron chi connectivity index (χ4n) is 3.70. The number of benzene rings is 2. The number of thiocarbonyl (C=S) groups is 1. The lowest BCUT2D eigenvalue weighted by Crippen LogP contribution is -2.41. The number of hydrogen-bond acceptors (Lipinski definition) is 5. The van der Waals surface area contributed by atoms with Crippen LogP contribution in [-0.4, -0.2) is 38.9 Å². The van der Waals surface area contributed by atoms with Crippen LogP contribution in [0, 0.1) is 11.3 Å². The van der Waals surface area contributed by atoms with Gasteiger partial charge in [0.25, 0.3) is 0 Å². The Hall–Kier alpha value is -2.65. The molecule has 0 bridgehead atoms. The minimum Gasteiger partial charge on any atom is -0.465 e. The minimum absolute atomic E-state index is 0.0261. The molecular weight excluding hydrogens is 518 g/mol.